The molecule has 0 fully saturated rings. The number of benzene rings is 2. The molecule has 112 valence electrons. The average Bonchev–Trinajstić information content (AvgIpc) is 2.44. The molecule has 0 amide bonds. The number of hydrogen-bond donors (Lipinski definition) is 2. The van der Waals surface area contributed by atoms with E-state index in [4.69, 9.17) is 52.1 Å². The predicted octanol–water partition coefficient (Wildman–Crippen LogP) is 5.08. The highest BCUT2D eigenvalue weighted by Gasteiger charge is 2.26. The van der Waals surface area contributed by atoms with Crippen molar-refractivity contribution >= 4 is 46.4 Å². The van der Waals surface area contributed by atoms with Gasteiger partial charge in [0.2, 0.25) is 0 Å². The first-order chi connectivity index (χ1) is 9.95. The molecule has 0 heterocycles. The van der Waals surface area contributed by atoms with Crippen molar-refractivity contribution in [3.05, 3.63) is 67.6 Å². The highest BCUT2D eigenvalue weighted by Crippen LogP contribution is 2.39. The summed E-state index contributed by atoms with van der Waals surface area (Å²) < 4.78 is 0. The molecular weight excluding hydrogens is 352 g/mol. The molecule has 0 saturated carbocycles. The number of rotatable bonds is 4. The standard InChI is InChI=1S/C15H13Cl4NO/c16-8-4-5-9(13(18)6-8)11(7-20)15(21)10-2-1-3-12(17)14(10)19/h1-6,11,15,21H,7,20H2. The van der Waals surface area contributed by atoms with Gasteiger partial charge in [0.15, 0.2) is 0 Å². The second-order valence-corrected chi connectivity index (χ2v) is 6.22. The van der Waals surface area contributed by atoms with Crippen molar-refractivity contribution in [2.45, 2.75) is 12.0 Å². The van der Waals surface area contributed by atoms with Crippen molar-refractivity contribution in [2.24, 2.45) is 5.73 Å². The second-order valence-electron chi connectivity index (χ2n) is 4.60. The maximum atomic E-state index is 10.6. The van der Waals surface area contributed by atoms with E-state index in [2.05, 4.69) is 0 Å². The molecule has 0 spiro atoms. The summed E-state index contributed by atoms with van der Waals surface area (Å²) in [6, 6.07) is 10.2. The fourth-order valence-electron chi connectivity index (χ4n) is 2.19. The lowest BCUT2D eigenvalue weighted by atomic mass is 9.89. The van der Waals surface area contributed by atoms with Crippen LogP contribution in [-0.2, 0) is 0 Å². The molecule has 2 unspecified atom stereocenters. The summed E-state index contributed by atoms with van der Waals surface area (Å²) in [4.78, 5) is 0. The highest BCUT2D eigenvalue weighted by molar-refractivity contribution is 6.42. The van der Waals surface area contributed by atoms with Crippen LogP contribution in [0.3, 0.4) is 0 Å². The third kappa shape index (κ3) is 3.65. The Hall–Kier alpha value is -0.480. The Bertz CT molecular complexity index is 648. The summed E-state index contributed by atoms with van der Waals surface area (Å²) in [5, 5.41) is 12.3. The van der Waals surface area contributed by atoms with E-state index in [-0.39, 0.29) is 6.54 Å². The van der Waals surface area contributed by atoms with Crippen molar-refractivity contribution in [3.63, 3.8) is 0 Å². The Kier molecular flexibility index (Phi) is 5.78. The van der Waals surface area contributed by atoms with Gasteiger partial charge in [-0.3, -0.25) is 0 Å². The highest BCUT2D eigenvalue weighted by atomic mass is 35.5. The fraction of sp³-hybridized carbons (Fsp3) is 0.200. The topological polar surface area (TPSA) is 46.2 Å². The fourth-order valence-corrected chi connectivity index (χ4v) is 3.16. The summed E-state index contributed by atoms with van der Waals surface area (Å²) in [6.45, 7) is 0.200. The lowest BCUT2D eigenvalue weighted by molar-refractivity contribution is 0.147. The number of nitrogens with two attached hydrogens (primary N) is 1. The maximum Gasteiger partial charge on any atom is 0.0886 e. The molecular formula is C15H13Cl4NO. The predicted molar refractivity (Wildman–Crippen MR) is 89.7 cm³/mol. The van der Waals surface area contributed by atoms with Crippen LogP contribution in [0.5, 0.6) is 0 Å². The third-order valence-corrected chi connectivity index (χ3v) is 4.69. The zero-order valence-corrected chi connectivity index (χ0v) is 13.9. The second kappa shape index (κ2) is 7.19. The first kappa shape index (κ1) is 16.9. The van der Waals surface area contributed by atoms with Gasteiger partial charge < -0.3 is 10.8 Å². The normalized spacial score (nSPS) is 14.0. The first-order valence-corrected chi connectivity index (χ1v) is 7.74. The molecule has 2 aromatic rings. The van der Waals surface area contributed by atoms with Crippen LogP contribution >= 0.6 is 46.4 Å². The Morgan fingerprint density at radius 1 is 0.952 bits per heavy atom. The minimum Gasteiger partial charge on any atom is -0.388 e. The van der Waals surface area contributed by atoms with Crippen LogP contribution in [0, 0.1) is 0 Å². The van der Waals surface area contributed by atoms with E-state index < -0.39 is 12.0 Å². The average molecular weight is 365 g/mol. The van der Waals surface area contributed by atoms with E-state index in [1.54, 1.807) is 36.4 Å². The molecule has 2 aromatic carbocycles. The van der Waals surface area contributed by atoms with Crippen molar-refractivity contribution in [2.75, 3.05) is 6.54 Å². The first-order valence-electron chi connectivity index (χ1n) is 6.22. The zero-order valence-electron chi connectivity index (χ0n) is 10.9. The molecule has 0 aliphatic rings. The molecule has 0 saturated heterocycles. The van der Waals surface area contributed by atoms with Gasteiger partial charge in [-0.25, -0.2) is 0 Å². The van der Waals surface area contributed by atoms with Crippen molar-refractivity contribution in [1.82, 2.24) is 0 Å². The number of hydrogen-bond acceptors (Lipinski definition) is 2. The third-order valence-electron chi connectivity index (χ3n) is 3.30. The SMILES string of the molecule is NCC(c1ccc(Cl)cc1Cl)C(O)c1cccc(Cl)c1Cl. The summed E-state index contributed by atoms with van der Waals surface area (Å²) in [5.74, 6) is -0.411. The van der Waals surface area contributed by atoms with Gasteiger partial charge in [0.25, 0.3) is 0 Å². The summed E-state index contributed by atoms with van der Waals surface area (Å²) in [6.07, 6.45) is -0.917. The quantitative estimate of drug-likeness (QED) is 0.794. The molecule has 0 aromatic heterocycles. The minimum atomic E-state index is -0.917. The van der Waals surface area contributed by atoms with Gasteiger partial charge in [-0.15, -0.1) is 0 Å². The Labute approximate surface area is 143 Å². The van der Waals surface area contributed by atoms with Crippen LogP contribution in [0.15, 0.2) is 36.4 Å². The van der Waals surface area contributed by atoms with Crippen LogP contribution in [0.1, 0.15) is 23.1 Å². The largest absolute Gasteiger partial charge is 0.388 e. The Morgan fingerprint density at radius 2 is 1.67 bits per heavy atom. The summed E-state index contributed by atoms with van der Waals surface area (Å²) in [7, 11) is 0. The molecule has 0 aliphatic carbocycles. The van der Waals surface area contributed by atoms with Gasteiger partial charge in [-0.2, -0.15) is 0 Å². The van der Waals surface area contributed by atoms with E-state index >= 15 is 0 Å². The molecule has 0 aliphatic heterocycles. The molecule has 0 radical (unpaired) electrons. The smallest absolute Gasteiger partial charge is 0.0886 e. The van der Waals surface area contributed by atoms with E-state index in [0.717, 1.165) is 0 Å². The van der Waals surface area contributed by atoms with Crippen molar-refractivity contribution in [1.29, 1.82) is 0 Å². The molecule has 0 bridgehead atoms. The molecule has 2 rings (SSSR count). The molecule has 2 atom stereocenters. The van der Waals surface area contributed by atoms with E-state index in [9.17, 15) is 5.11 Å². The van der Waals surface area contributed by atoms with Crippen molar-refractivity contribution in [3.8, 4) is 0 Å². The molecule has 2 nitrogen and oxygen atoms in total. The maximum absolute atomic E-state index is 10.6. The summed E-state index contributed by atoms with van der Waals surface area (Å²) >= 11 is 24.2. The Balaban J connectivity index is 2.43. The van der Waals surface area contributed by atoms with Gasteiger partial charge >= 0.3 is 0 Å². The van der Waals surface area contributed by atoms with E-state index in [1.807, 2.05) is 0 Å². The molecule has 3 N–H and O–H groups in total. The van der Waals surface area contributed by atoms with Gasteiger partial charge in [0, 0.05) is 28.1 Å². The van der Waals surface area contributed by atoms with E-state index in [0.29, 0.717) is 31.2 Å². The Morgan fingerprint density at radius 3 is 2.29 bits per heavy atom. The van der Waals surface area contributed by atoms with Gasteiger partial charge in [-0.1, -0.05) is 64.6 Å². The minimum absolute atomic E-state index is 0.200. The lowest BCUT2D eigenvalue weighted by Crippen LogP contribution is -2.20. The van der Waals surface area contributed by atoms with Crippen molar-refractivity contribution < 1.29 is 5.11 Å². The van der Waals surface area contributed by atoms with Crippen LogP contribution in [0.4, 0.5) is 0 Å². The lowest BCUT2D eigenvalue weighted by Gasteiger charge is -2.24. The zero-order chi connectivity index (χ0) is 15.6. The van der Waals surface area contributed by atoms with E-state index in [1.165, 1.54) is 0 Å². The monoisotopic (exact) mass is 363 g/mol. The van der Waals surface area contributed by atoms with Gasteiger partial charge in [0.1, 0.15) is 0 Å². The van der Waals surface area contributed by atoms with Crippen LogP contribution in [0.25, 0.3) is 0 Å². The molecule has 6 heteroatoms. The number of halogens is 4. The van der Waals surface area contributed by atoms with Gasteiger partial charge in [-0.05, 0) is 23.8 Å². The number of aliphatic hydroxyl groups excluding tert-OH is 1. The van der Waals surface area contributed by atoms with Crippen LogP contribution < -0.4 is 5.73 Å². The van der Waals surface area contributed by atoms with Crippen LogP contribution in [0.2, 0.25) is 20.1 Å². The van der Waals surface area contributed by atoms with Crippen LogP contribution in [-0.4, -0.2) is 11.7 Å². The molecule has 21 heavy (non-hydrogen) atoms. The summed E-state index contributed by atoms with van der Waals surface area (Å²) in [5.41, 5.74) is 7.04. The number of aliphatic hydroxyl groups is 1. The van der Waals surface area contributed by atoms with Gasteiger partial charge in [0.05, 0.1) is 16.1 Å².